The van der Waals surface area contributed by atoms with Crippen molar-refractivity contribution in [2.24, 2.45) is 5.73 Å². The molecule has 1 aromatic carbocycles. The minimum atomic E-state index is -0.506. The van der Waals surface area contributed by atoms with Crippen LogP contribution in [0.3, 0.4) is 0 Å². The van der Waals surface area contributed by atoms with Gasteiger partial charge in [0.15, 0.2) is 0 Å². The number of halogens is 2. The largest absolute Gasteiger partial charge is 0.350 e. The third-order valence-electron chi connectivity index (χ3n) is 3.25. The molecule has 0 saturated heterocycles. The van der Waals surface area contributed by atoms with Crippen LogP contribution in [0.4, 0.5) is 4.39 Å². The summed E-state index contributed by atoms with van der Waals surface area (Å²) >= 11 is 1.35. The molecule has 4 nitrogen and oxygen atoms in total. The van der Waals surface area contributed by atoms with Gasteiger partial charge in [0.1, 0.15) is 16.5 Å². The van der Waals surface area contributed by atoms with E-state index in [1.807, 2.05) is 13.8 Å². The second-order valence-electron chi connectivity index (χ2n) is 5.38. The lowest BCUT2D eigenvalue weighted by molar-refractivity contribution is 0.0941. The zero-order chi connectivity index (χ0) is 15.5. The molecule has 0 unspecified atom stereocenters. The van der Waals surface area contributed by atoms with Gasteiger partial charge in [0.05, 0.1) is 0 Å². The molecule has 2 aromatic rings. The molecule has 1 heterocycles. The highest BCUT2D eigenvalue weighted by atomic mass is 35.5. The number of amides is 1. The summed E-state index contributed by atoms with van der Waals surface area (Å²) in [6.07, 6.45) is 0. The highest BCUT2D eigenvalue weighted by Crippen LogP contribution is 2.24. The van der Waals surface area contributed by atoms with Gasteiger partial charge in [0.25, 0.3) is 5.91 Å². The van der Waals surface area contributed by atoms with Gasteiger partial charge in [-0.25, -0.2) is 9.37 Å². The molecular formula is C15H19ClFN3OS. The quantitative estimate of drug-likeness (QED) is 0.877. The van der Waals surface area contributed by atoms with E-state index in [1.165, 1.54) is 17.4 Å². The summed E-state index contributed by atoms with van der Waals surface area (Å²) in [6.45, 7) is 4.41. The van der Waals surface area contributed by atoms with Crippen molar-refractivity contribution in [1.82, 2.24) is 10.3 Å². The molecule has 1 amide bonds. The smallest absolute Gasteiger partial charge is 0.270 e. The van der Waals surface area contributed by atoms with Crippen molar-refractivity contribution in [1.29, 1.82) is 0 Å². The number of aromatic nitrogens is 1. The van der Waals surface area contributed by atoms with Crippen LogP contribution in [0.1, 0.15) is 34.9 Å². The Balaban J connectivity index is 0.00000242. The van der Waals surface area contributed by atoms with Gasteiger partial charge in [-0.1, -0.05) is 32.0 Å². The number of hydrogen-bond acceptors (Lipinski definition) is 4. The predicted molar refractivity (Wildman–Crippen MR) is 89.0 cm³/mol. The molecule has 0 aliphatic rings. The van der Waals surface area contributed by atoms with Crippen LogP contribution in [0.5, 0.6) is 0 Å². The molecule has 0 bridgehead atoms. The Morgan fingerprint density at radius 2 is 2.09 bits per heavy atom. The third-order valence-corrected chi connectivity index (χ3v) is 4.12. The molecule has 22 heavy (non-hydrogen) atoms. The van der Waals surface area contributed by atoms with Crippen LogP contribution in [0, 0.1) is 5.82 Å². The number of thiazole rings is 1. The Labute approximate surface area is 139 Å². The minimum absolute atomic E-state index is 0. The number of nitrogens with one attached hydrogen (secondary N) is 1. The standard InChI is InChI=1S/C15H18FN3OS.ClH/c1-15(2,10-5-3-4-6-11(10)16)9-18-14(20)12-8-21-13(7-17)19-12;/h3-6,8H,7,9,17H2,1-2H3,(H,18,20);1H. The maximum Gasteiger partial charge on any atom is 0.270 e. The lowest BCUT2D eigenvalue weighted by Crippen LogP contribution is -2.37. The van der Waals surface area contributed by atoms with Crippen molar-refractivity contribution < 1.29 is 9.18 Å². The molecule has 0 spiro atoms. The van der Waals surface area contributed by atoms with Gasteiger partial charge >= 0.3 is 0 Å². The van der Waals surface area contributed by atoms with Gasteiger partial charge in [0, 0.05) is 23.9 Å². The number of carbonyl (C=O) groups excluding carboxylic acids is 1. The Bertz CT molecular complexity index is 645. The van der Waals surface area contributed by atoms with Crippen molar-refractivity contribution >= 4 is 29.7 Å². The summed E-state index contributed by atoms with van der Waals surface area (Å²) in [5.74, 6) is -0.536. The fourth-order valence-electron chi connectivity index (χ4n) is 2.01. The van der Waals surface area contributed by atoms with E-state index in [1.54, 1.807) is 23.6 Å². The number of hydrogen-bond donors (Lipinski definition) is 2. The van der Waals surface area contributed by atoms with Gasteiger partial charge in [-0.3, -0.25) is 4.79 Å². The van der Waals surface area contributed by atoms with Crippen LogP contribution in [0.25, 0.3) is 0 Å². The van der Waals surface area contributed by atoms with Gasteiger partial charge in [-0.2, -0.15) is 0 Å². The summed E-state index contributed by atoms with van der Waals surface area (Å²) in [7, 11) is 0. The number of carbonyl (C=O) groups is 1. The molecule has 120 valence electrons. The maximum atomic E-state index is 13.8. The van der Waals surface area contributed by atoms with Crippen LogP contribution in [-0.2, 0) is 12.0 Å². The van der Waals surface area contributed by atoms with Crippen molar-refractivity contribution in [2.75, 3.05) is 6.54 Å². The monoisotopic (exact) mass is 343 g/mol. The minimum Gasteiger partial charge on any atom is -0.350 e. The number of rotatable bonds is 5. The molecule has 0 aliphatic heterocycles. The Hall–Kier alpha value is -1.50. The highest BCUT2D eigenvalue weighted by molar-refractivity contribution is 7.09. The summed E-state index contributed by atoms with van der Waals surface area (Å²) in [4.78, 5) is 16.2. The zero-order valence-electron chi connectivity index (χ0n) is 12.4. The average molecular weight is 344 g/mol. The van der Waals surface area contributed by atoms with Crippen molar-refractivity contribution in [3.63, 3.8) is 0 Å². The first kappa shape index (κ1) is 18.5. The lowest BCUT2D eigenvalue weighted by atomic mass is 9.84. The normalized spacial score (nSPS) is 10.9. The predicted octanol–water partition coefficient (Wildman–Crippen LogP) is 2.87. The van der Waals surface area contributed by atoms with Gasteiger partial charge in [-0.05, 0) is 11.6 Å². The molecule has 0 radical (unpaired) electrons. The van der Waals surface area contributed by atoms with Crippen LogP contribution in [0.15, 0.2) is 29.6 Å². The SMILES string of the molecule is CC(C)(CNC(=O)c1csc(CN)n1)c1ccccc1F.Cl. The van der Waals surface area contributed by atoms with Crippen LogP contribution < -0.4 is 11.1 Å². The number of nitrogens with two attached hydrogens (primary N) is 1. The zero-order valence-corrected chi connectivity index (χ0v) is 14.1. The summed E-state index contributed by atoms with van der Waals surface area (Å²) in [5.41, 5.74) is 5.89. The lowest BCUT2D eigenvalue weighted by Gasteiger charge is -2.25. The molecule has 2 rings (SSSR count). The van der Waals surface area contributed by atoms with Crippen molar-refractivity contribution in [3.8, 4) is 0 Å². The van der Waals surface area contributed by atoms with E-state index in [2.05, 4.69) is 10.3 Å². The fraction of sp³-hybridized carbons (Fsp3) is 0.333. The Kier molecular flexibility index (Phi) is 6.47. The Morgan fingerprint density at radius 1 is 1.41 bits per heavy atom. The topological polar surface area (TPSA) is 68.0 Å². The van der Waals surface area contributed by atoms with E-state index in [0.29, 0.717) is 29.4 Å². The highest BCUT2D eigenvalue weighted by Gasteiger charge is 2.25. The van der Waals surface area contributed by atoms with E-state index in [0.717, 1.165) is 0 Å². The van der Waals surface area contributed by atoms with Gasteiger partial charge in [-0.15, -0.1) is 23.7 Å². The van der Waals surface area contributed by atoms with Crippen LogP contribution in [0.2, 0.25) is 0 Å². The van der Waals surface area contributed by atoms with Crippen molar-refractivity contribution in [2.45, 2.75) is 25.8 Å². The molecular weight excluding hydrogens is 325 g/mol. The summed E-state index contributed by atoms with van der Waals surface area (Å²) in [5, 5.41) is 5.19. The molecule has 0 atom stereocenters. The van der Waals surface area contributed by atoms with Gasteiger partial charge < -0.3 is 11.1 Å². The first-order valence-corrected chi connectivity index (χ1v) is 7.49. The number of nitrogens with zero attached hydrogens (tertiary/aromatic N) is 1. The second-order valence-corrected chi connectivity index (χ2v) is 6.32. The molecule has 1 aromatic heterocycles. The molecule has 7 heteroatoms. The fourth-order valence-corrected chi connectivity index (χ4v) is 2.66. The molecule has 0 aliphatic carbocycles. The van der Waals surface area contributed by atoms with Crippen LogP contribution in [-0.4, -0.2) is 17.4 Å². The molecule has 3 N–H and O–H groups in total. The Morgan fingerprint density at radius 3 is 2.68 bits per heavy atom. The van der Waals surface area contributed by atoms with Crippen LogP contribution >= 0.6 is 23.7 Å². The summed E-state index contributed by atoms with van der Waals surface area (Å²) < 4.78 is 13.8. The third kappa shape index (κ3) is 4.25. The number of benzene rings is 1. The molecule has 0 saturated carbocycles. The van der Waals surface area contributed by atoms with Crippen molar-refractivity contribution in [3.05, 3.63) is 51.7 Å². The van der Waals surface area contributed by atoms with E-state index in [4.69, 9.17) is 5.73 Å². The summed E-state index contributed by atoms with van der Waals surface area (Å²) in [6, 6.07) is 6.59. The van der Waals surface area contributed by atoms with E-state index < -0.39 is 5.41 Å². The first-order chi connectivity index (χ1) is 9.94. The van der Waals surface area contributed by atoms with E-state index >= 15 is 0 Å². The van der Waals surface area contributed by atoms with Gasteiger partial charge in [0.2, 0.25) is 0 Å². The first-order valence-electron chi connectivity index (χ1n) is 6.62. The second kappa shape index (κ2) is 7.67. The van der Waals surface area contributed by atoms with E-state index in [-0.39, 0.29) is 24.1 Å². The maximum absolute atomic E-state index is 13.8. The molecule has 0 fully saturated rings. The average Bonchev–Trinajstić information content (AvgIpc) is 2.94. The van der Waals surface area contributed by atoms with E-state index in [9.17, 15) is 9.18 Å².